The Morgan fingerprint density at radius 3 is 2.69 bits per heavy atom. The summed E-state index contributed by atoms with van der Waals surface area (Å²) in [6.45, 7) is -0.126. The van der Waals surface area contributed by atoms with E-state index in [2.05, 4.69) is 5.43 Å². The highest BCUT2D eigenvalue weighted by Gasteiger charge is 2.41. The standard InChI is InChI=1S/C21H20F3N3O2/c1-29-16-7-4-6-14(11-16)18-12-19-20(28)26(9-10-27(19)25-18)13-15-5-2-3-8-17(15)21(22,23)24/h2-11,18-19,25H,12-13H2,1H3. The molecule has 4 rings (SSSR count). The Morgan fingerprint density at radius 2 is 1.93 bits per heavy atom. The monoisotopic (exact) mass is 403 g/mol. The van der Waals surface area contributed by atoms with Crippen LogP contribution in [0.15, 0.2) is 60.9 Å². The third kappa shape index (κ3) is 3.80. The molecule has 2 unspecified atom stereocenters. The smallest absolute Gasteiger partial charge is 0.416 e. The first-order valence-corrected chi connectivity index (χ1v) is 9.19. The van der Waals surface area contributed by atoms with Gasteiger partial charge in [-0.2, -0.15) is 13.2 Å². The average molecular weight is 403 g/mol. The summed E-state index contributed by atoms with van der Waals surface area (Å²) in [5.74, 6) is 0.490. The number of hydrogen-bond acceptors (Lipinski definition) is 4. The van der Waals surface area contributed by atoms with Crippen molar-refractivity contribution in [2.45, 2.75) is 31.2 Å². The van der Waals surface area contributed by atoms with Crippen molar-refractivity contribution < 1.29 is 22.7 Å². The Labute approximate surface area is 166 Å². The molecule has 1 amide bonds. The van der Waals surface area contributed by atoms with E-state index in [4.69, 9.17) is 4.74 Å². The van der Waals surface area contributed by atoms with Gasteiger partial charge in [0, 0.05) is 12.4 Å². The van der Waals surface area contributed by atoms with Crippen LogP contribution in [-0.2, 0) is 17.5 Å². The van der Waals surface area contributed by atoms with Gasteiger partial charge in [-0.25, -0.2) is 5.43 Å². The number of rotatable bonds is 4. The molecule has 1 fully saturated rings. The van der Waals surface area contributed by atoms with E-state index in [1.165, 1.54) is 23.2 Å². The van der Waals surface area contributed by atoms with Crippen molar-refractivity contribution in [3.05, 3.63) is 77.6 Å². The topological polar surface area (TPSA) is 44.8 Å². The minimum absolute atomic E-state index is 0.0711. The van der Waals surface area contributed by atoms with Gasteiger partial charge < -0.3 is 14.6 Å². The van der Waals surface area contributed by atoms with Gasteiger partial charge in [-0.1, -0.05) is 30.3 Å². The summed E-state index contributed by atoms with van der Waals surface area (Å²) in [4.78, 5) is 14.3. The highest BCUT2D eigenvalue weighted by atomic mass is 19.4. The molecule has 0 aromatic heterocycles. The minimum Gasteiger partial charge on any atom is -0.497 e. The number of alkyl halides is 3. The van der Waals surface area contributed by atoms with Gasteiger partial charge in [0.1, 0.15) is 11.8 Å². The number of benzene rings is 2. The molecule has 2 aliphatic heterocycles. The number of methoxy groups -OCH3 is 1. The number of hydrazine groups is 1. The first-order valence-electron chi connectivity index (χ1n) is 9.19. The number of halogens is 3. The number of hydrogen-bond donors (Lipinski definition) is 1. The van der Waals surface area contributed by atoms with Crippen LogP contribution in [0.3, 0.4) is 0 Å². The lowest BCUT2D eigenvalue weighted by atomic mass is 10.00. The lowest BCUT2D eigenvalue weighted by molar-refractivity contribution is -0.140. The summed E-state index contributed by atoms with van der Waals surface area (Å²) in [7, 11) is 1.59. The molecule has 0 aliphatic carbocycles. The fourth-order valence-electron chi connectivity index (χ4n) is 3.76. The molecule has 2 aromatic carbocycles. The fraction of sp³-hybridized carbons (Fsp3) is 0.286. The maximum atomic E-state index is 13.3. The van der Waals surface area contributed by atoms with Crippen LogP contribution in [0.5, 0.6) is 5.75 Å². The van der Waals surface area contributed by atoms with E-state index in [1.54, 1.807) is 24.4 Å². The highest BCUT2D eigenvalue weighted by molar-refractivity contribution is 5.84. The summed E-state index contributed by atoms with van der Waals surface area (Å²) in [5, 5.41) is 1.72. The third-order valence-corrected chi connectivity index (χ3v) is 5.23. The first kappa shape index (κ1) is 19.3. The van der Waals surface area contributed by atoms with Crippen LogP contribution in [0.4, 0.5) is 13.2 Å². The molecule has 0 saturated carbocycles. The zero-order valence-corrected chi connectivity index (χ0v) is 15.7. The van der Waals surface area contributed by atoms with Gasteiger partial charge in [0.05, 0.1) is 25.3 Å². The molecule has 1 N–H and O–H groups in total. The second kappa shape index (κ2) is 7.44. The molecule has 0 radical (unpaired) electrons. The van der Waals surface area contributed by atoms with E-state index >= 15 is 0 Å². The van der Waals surface area contributed by atoms with Crippen LogP contribution in [0.1, 0.15) is 29.2 Å². The quantitative estimate of drug-likeness (QED) is 0.843. The fourth-order valence-corrected chi connectivity index (χ4v) is 3.76. The number of amides is 1. The maximum absolute atomic E-state index is 13.3. The Bertz CT molecular complexity index is 945. The van der Waals surface area contributed by atoms with Crippen molar-refractivity contribution in [1.82, 2.24) is 15.3 Å². The number of carbonyl (C=O) groups is 1. The molecule has 1 saturated heterocycles. The lowest BCUT2D eigenvalue weighted by Crippen LogP contribution is -2.47. The zero-order chi connectivity index (χ0) is 20.6. The van der Waals surface area contributed by atoms with E-state index in [-0.39, 0.29) is 24.1 Å². The number of fused-ring (bicyclic) bond motifs is 1. The molecular weight excluding hydrogens is 383 g/mol. The van der Waals surface area contributed by atoms with Crippen molar-refractivity contribution in [2.24, 2.45) is 0 Å². The summed E-state index contributed by atoms with van der Waals surface area (Å²) < 4.78 is 45.1. The van der Waals surface area contributed by atoms with Gasteiger partial charge in [0.2, 0.25) is 0 Å². The molecule has 5 nitrogen and oxygen atoms in total. The van der Waals surface area contributed by atoms with E-state index in [0.717, 1.165) is 17.4 Å². The summed E-state index contributed by atoms with van der Waals surface area (Å²) >= 11 is 0. The molecule has 152 valence electrons. The number of carbonyl (C=O) groups excluding carboxylic acids is 1. The van der Waals surface area contributed by atoms with Crippen LogP contribution in [-0.4, -0.2) is 29.0 Å². The van der Waals surface area contributed by atoms with Crippen molar-refractivity contribution in [2.75, 3.05) is 7.11 Å². The summed E-state index contributed by atoms with van der Waals surface area (Å²) in [5.41, 5.74) is 3.61. The van der Waals surface area contributed by atoms with E-state index in [9.17, 15) is 18.0 Å². The second-order valence-corrected chi connectivity index (χ2v) is 7.04. The molecule has 2 heterocycles. The van der Waals surface area contributed by atoms with Gasteiger partial charge in [-0.05, 0) is 35.7 Å². The van der Waals surface area contributed by atoms with Gasteiger partial charge in [0.15, 0.2) is 0 Å². The Balaban J connectivity index is 1.52. The summed E-state index contributed by atoms with van der Waals surface area (Å²) in [6.07, 6.45) is -0.735. The number of nitrogens with zero attached hydrogens (tertiary/aromatic N) is 2. The van der Waals surface area contributed by atoms with Crippen molar-refractivity contribution >= 4 is 5.91 Å². The van der Waals surface area contributed by atoms with Crippen LogP contribution in [0.25, 0.3) is 0 Å². The summed E-state index contributed by atoms with van der Waals surface area (Å²) in [6, 6.07) is 12.3. The predicted octanol–water partition coefficient (Wildman–Crippen LogP) is 3.85. The van der Waals surface area contributed by atoms with E-state index < -0.39 is 17.8 Å². The number of ether oxygens (including phenoxy) is 1. The van der Waals surface area contributed by atoms with Crippen molar-refractivity contribution in [3.63, 3.8) is 0 Å². The van der Waals surface area contributed by atoms with Gasteiger partial charge in [0.25, 0.3) is 5.91 Å². The third-order valence-electron chi connectivity index (χ3n) is 5.23. The number of nitrogens with one attached hydrogen (secondary N) is 1. The van der Waals surface area contributed by atoms with Gasteiger partial charge in [-0.3, -0.25) is 4.79 Å². The van der Waals surface area contributed by atoms with Crippen molar-refractivity contribution in [3.8, 4) is 5.75 Å². The molecular formula is C21H20F3N3O2. The molecule has 29 heavy (non-hydrogen) atoms. The molecule has 2 atom stereocenters. The average Bonchev–Trinajstić information content (AvgIpc) is 3.15. The van der Waals surface area contributed by atoms with Crippen LogP contribution < -0.4 is 10.2 Å². The molecule has 8 heteroatoms. The predicted molar refractivity (Wildman–Crippen MR) is 100 cm³/mol. The van der Waals surface area contributed by atoms with E-state index in [0.29, 0.717) is 6.42 Å². The van der Waals surface area contributed by atoms with Gasteiger partial charge >= 0.3 is 6.18 Å². The van der Waals surface area contributed by atoms with Crippen LogP contribution in [0.2, 0.25) is 0 Å². The van der Waals surface area contributed by atoms with E-state index in [1.807, 2.05) is 24.3 Å². The Morgan fingerprint density at radius 1 is 1.14 bits per heavy atom. The van der Waals surface area contributed by atoms with Crippen LogP contribution >= 0.6 is 0 Å². The molecule has 2 aromatic rings. The minimum atomic E-state index is -4.46. The Hall–Kier alpha value is -3.00. The molecule has 0 bridgehead atoms. The first-order chi connectivity index (χ1) is 13.9. The zero-order valence-electron chi connectivity index (χ0n) is 15.7. The molecule has 2 aliphatic rings. The molecule has 0 spiro atoms. The van der Waals surface area contributed by atoms with Gasteiger partial charge in [-0.15, -0.1) is 0 Å². The largest absolute Gasteiger partial charge is 0.497 e. The highest BCUT2D eigenvalue weighted by Crippen LogP contribution is 2.35. The lowest BCUT2D eigenvalue weighted by Gasteiger charge is -2.32. The SMILES string of the molecule is COc1cccc(C2CC3C(=O)N(Cc4ccccc4C(F)(F)F)C=CN3N2)c1. The van der Waals surface area contributed by atoms with Crippen LogP contribution in [0, 0.1) is 0 Å². The maximum Gasteiger partial charge on any atom is 0.416 e. The normalized spacial score (nSPS) is 21.4. The second-order valence-electron chi connectivity index (χ2n) is 7.04. The van der Waals surface area contributed by atoms with Crippen molar-refractivity contribution in [1.29, 1.82) is 0 Å². The Kier molecular flexibility index (Phi) is 4.96.